The fourth-order valence-electron chi connectivity index (χ4n) is 3.64. The standard InChI is InChI=1S/C25H21F3N4O4/c1-4-36-24(34)18-13-29-32(20-12-14(2)17-6-5-7-19(35-3)21(17)30-20)22(18)31-23(33)15-8-10-16(11-9-15)25(26,27)28/h5-13H,4H2,1-3H3,(H,31,33). The topological polar surface area (TPSA) is 95.3 Å². The third-order valence-corrected chi connectivity index (χ3v) is 5.40. The number of alkyl halides is 3. The lowest BCUT2D eigenvalue weighted by atomic mass is 10.1. The number of carbonyl (C=O) groups is 2. The van der Waals surface area contributed by atoms with Crippen LogP contribution < -0.4 is 10.1 Å². The molecule has 1 amide bonds. The first kappa shape index (κ1) is 24.7. The molecule has 0 aliphatic rings. The van der Waals surface area contributed by atoms with Gasteiger partial charge in [0.2, 0.25) is 0 Å². The van der Waals surface area contributed by atoms with Crippen LogP contribution in [-0.4, -0.2) is 40.4 Å². The quantitative estimate of drug-likeness (QED) is 0.368. The highest BCUT2D eigenvalue weighted by molar-refractivity contribution is 6.07. The van der Waals surface area contributed by atoms with Gasteiger partial charge < -0.3 is 14.8 Å². The summed E-state index contributed by atoms with van der Waals surface area (Å²) >= 11 is 0. The van der Waals surface area contributed by atoms with Crippen LogP contribution in [0, 0.1) is 6.92 Å². The van der Waals surface area contributed by atoms with Crippen molar-refractivity contribution in [3.8, 4) is 11.6 Å². The predicted octanol–water partition coefficient (Wildman–Crippen LogP) is 5.19. The number of hydrogen-bond donors (Lipinski definition) is 1. The van der Waals surface area contributed by atoms with Gasteiger partial charge in [0.25, 0.3) is 5.91 Å². The van der Waals surface area contributed by atoms with E-state index in [2.05, 4.69) is 15.4 Å². The van der Waals surface area contributed by atoms with E-state index >= 15 is 0 Å². The van der Waals surface area contributed by atoms with Crippen molar-refractivity contribution >= 4 is 28.6 Å². The average Bonchev–Trinajstić information content (AvgIpc) is 3.27. The monoisotopic (exact) mass is 498 g/mol. The Kier molecular flexibility index (Phi) is 6.65. The first-order valence-corrected chi connectivity index (χ1v) is 10.8. The Hall–Kier alpha value is -4.41. The molecule has 0 aliphatic carbocycles. The third kappa shape index (κ3) is 4.72. The fraction of sp³-hybridized carbons (Fsp3) is 0.200. The van der Waals surface area contributed by atoms with Crippen LogP contribution in [0.2, 0.25) is 0 Å². The van der Waals surface area contributed by atoms with Crippen molar-refractivity contribution in [2.75, 3.05) is 19.0 Å². The number of halogens is 3. The van der Waals surface area contributed by atoms with Crippen molar-refractivity contribution in [2.45, 2.75) is 20.0 Å². The lowest BCUT2D eigenvalue weighted by molar-refractivity contribution is -0.137. The Morgan fingerprint density at radius 3 is 2.47 bits per heavy atom. The van der Waals surface area contributed by atoms with Crippen molar-refractivity contribution in [1.29, 1.82) is 0 Å². The van der Waals surface area contributed by atoms with Gasteiger partial charge in [-0.25, -0.2) is 9.78 Å². The molecule has 1 N–H and O–H groups in total. The Morgan fingerprint density at radius 1 is 1.11 bits per heavy atom. The first-order valence-electron chi connectivity index (χ1n) is 10.8. The molecule has 2 heterocycles. The van der Waals surface area contributed by atoms with Crippen LogP contribution in [-0.2, 0) is 10.9 Å². The number of benzene rings is 2. The van der Waals surface area contributed by atoms with Gasteiger partial charge in [0, 0.05) is 10.9 Å². The highest BCUT2D eigenvalue weighted by atomic mass is 19.4. The lowest BCUT2D eigenvalue weighted by Crippen LogP contribution is -2.19. The van der Waals surface area contributed by atoms with Crippen molar-refractivity contribution in [3.63, 3.8) is 0 Å². The van der Waals surface area contributed by atoms with Crippen LogP contribution in [0.1, 0.15) is 38.8 Å². The van der Waals surface area contributed by atoms with Crippen LogP contribution >= 0.6 is 0 Å². The summed E-state index contributed by atoms with van der Waals surface area (Å²) in [7, 11) is 1.51. The van der Waals surface area contributed by atoms with E-state index in [0.29, 0.717) is 11.3 Å². The van der Waals surface area contributed by atoms with Gasteiger partial charge in [-0.3, -0.25) is 4.79 Å². The number of ether oxygens (including phenoxy) is 2. The minimum Gasteiger partial charge on any atom is -0.494 e. The number of rotatable bonds is 6. The highest BCUT2D eigenvalue weighted by Crippen LogP contribution is 2.31. The summed E-state index contributed by atoms with van der Waals surface area (Å²) in [5.41, 5.74) is 0.401. The Labute approximate surface area is 203 Å². The van der Waals surface area contributed by atoms with Gasteiger partial charge in [0.15, 0.2) is 11.6 Å². The van der Waals surface area contributed by atoms with Crippen LogP contribution in [0.4, 0.5) is 19.0 Å². The molecule has 0 fully saturated rings. The van der Waals surface area contributed by atoms with Gasteiger partial charge in [-0.1, -0.05) is 12.1 Å². The first-order chi connectivity index (χ1) is 17.1. The summed E-state index contributed by atoms with van der Waals surface area (Å²) in [6.07, 6.45) is -3.31. The molecule has 2 aromatic heterocycles. The number of pyridine rings is 1. The summed E-state index contributed by atoms with van der Waals surface area (Å²) in [5, 5.41) is 7.65. The van der Waals surface area contributed by atoms with Crippen molar-refractivity contribution < 1.29 is 32.2 Å². The summed E-state index contributed by atoms with van der Waals surface area (Å²) in [6, 6.07) is 10.9. The third-order valence-electron chi connectivity index (χ3n) is 5.40. The molecular formula is C25H21F3N4O4. The minimum absolute atomic E-state index is 0.0421. The van der Waals surface area contributed by atoms with Gasteiger partial charge >= 0.3 is 12.1 Å². The molecule has 0 saturated carbocycles. The van der Waals surface area contributed by atoms with Crippen molar-refractivity contribution in [3.05, 3.63) is 77.0 Å². The summed E-state index contributed by atoms with van der Waals surface area (Å²) < 4.78 is 50.5. The number of carbonyl (C=O) groups excluding carboxylic acids is 2. The zero-order chi connectivity index (χ0) is 26.0. The second kappa shape index (κ2) is 9.68. The molecule has 4 aromatic rings. The van der Waals surface area contributed by atoms with Crippen LogP contribution in [0.3, 0.4) is 0 Å². The second-order valence-corrected chi connectivity index (χ2v) is 7.72. The maximum absolute atomic E-state index is 12.9. The maximum atomic E-state index is 12.9. The van der Waals surface area contributed by atoms with E-state index in [9.17, 15) is 22.8 Å². The number of esters is 1. The van der Waals surface area contributed by atoms with Crippen LogP contribution in [0.15, 0.2) is 54.7 Å². The summed E-state index contributed by atoms with van der Waals surface area (Å²) in [5.74, 6) is -0.722. The lowest BCUT2D eigenvalue weighted by Gasteiger charge is -2.13. The van der Waals surface area contributed by atoms with Crippen LogP contribution in [0.5, 0.6) is 5.75 Å². The number of methoxy groups -OCH3 is 1. The van der Waals surface area contributed by atoms with E-state index in [1.165, 1.54) is 18.0 Å². The van der Waals surface area contributed by atoms with E-state index in [1.54, 1.807) is 19.1 Å². The fourth-order valence-corrected chi connectivity index (χ4v) is 3.64. The molecule has 0 aliphatic heterocycles. The molecule has 0 spiro atoms. The molecule has 2 aromatic carbocycles. The van der Waals surface area contributed by atoms with Crippen LogP contribution in [0.25, 0.3) is 16.7 Å². The average molecular weight is 498 g/mol. The SMILES string of the molecule is CCOC(=O)c1cnn(-c2cc(C)c3cccc(OC)c3n2)c1NC(=O)c1ccc(C(F)(F)F)cc1. The van der Waals surface area contributed by atoms with Gasteiger partial charge in [0.05, 0.1) is 25.5 Å². The Balaban J connectivity index is 1.79. The van der Waals surface area contributed by atoms with E-state index in [1.807, 2.05) is 19.1 Å². The molecule has 0 radical (unpaired) electrons. The van der Waals surface area contributed by atoms with E-state index in [4.69, 9.17) is 9.47 Å². The number of hydrogen-bond acceptors (Lipinski definition) is 6. The minimum atomic E-state index is -4.54. The van der Waals surface area contributed by atoms with Gasteiger partial charge in [0.1, 0.15) is 16.8 Å². The molecule has 0 saturated heterocycles. The van der Waals surface area contributed by atoms with Crippen molar-refractivity contribution in [2.24, 2.45) is 0 Å². The highest BCUT2D eigenvalue weighted by Gasteiger charge is 2.30. The van der Waals surface area contributed by atoms with E-state index in [-0.39, 0.29) is 29.4 Å². The van der Waals surface area contributed by atoms with Gasteiger partial charge in [-0.05, 0) is 55.8 Å². The number of nitrogens with one attached hydrogen (secondary N) is 1. The number of fused-ring (bicyclic) bond motifs is 1. The number of para-hydroxylation sites is 1. The Bertz CT molecular complexity index is 1450. The van der Waals surface area contributed by atoms with E-state index in [0.717, 1.165) is 35.2 Å². The molecule has 36 heavy (non-hydrogen) atoms. The second-order valence-electron chi connectivity index (χ2n) is 7.72. The number of amides is 1. The molecular weight excluding hydrogens is 477 g/mol. The number of aryl methyl sites for hydroxylation is 1. The number of aromatic nitrogens is 3. The molecule has 186 valence electrons. The molecule has 11 heteroatoms. The molecule has 0 unspecified atom stereocenters. The molecule has 8 nitrogen and oxygen atoms in total. The largest absolute Gasteiger partial charge is 0.494 e. The maximum Gasteiger partial charge on any atom is 0.416 e. The number of nitrogens with zero attached hydrogens (tertiary/aromatic N) is 3. The predicted molar refractivity (Wildman–Crippen MR) is 126 cm³/mol. The smallest absolute Gasteiger partial charge is 0.416 e. The van der Waals surface area contributed by atoms with Crippen molar-refractivity contribution in [1.82, 2.24) is 14.8 Å². The molecule has 0 atom stereocenters. The summed E-state index contributed by atoms with van der Waals surface area (Å²) in [4.78, 5) is 30.1. The normalized spacial score (nSPS) is 11.4. The van der Waals surface area contributed by atoms with Gasteiger partial charge in [-0.15, -0.1) is 0 Å². The zero-order valence-electron chi connectivity index (χ0n) is 19.5. The van der Waals surface area contributed by atoms with Gasteiger partial charge in [-0.2, -0.15) is 23.0 Å². The van der Waals surface area contributed by atoms with E-state index < -0.39 is 23.6 Å². The molecule has 0 bridgehead atoms. The molecule has 4 rings (SSSR count). The summed E-state index contributed by atoms with van der Waals surface area (Å²) in [6.45, 7) is 3.58. The number of anilines is 1. The Morgan fingerprint density at radius 2 is 1.83 bits per heavy atom. The zero-order valence-corrected chi connectivity index (χ0v) is 19.5.